The normalized spacial score (nSPS) is 10.2. The number of hydrogen-bond donors (Lipinski definition) is 0. The summed E-state index contributed by atoms with van der Waals surface area (Å²) in [6, 6.07) is 1.87. The van der Waals surface area contributed by atoms with Crippen LogP contribution in [0.25, 0.3) is 0 Å². The molecule has 2 aromatic carbocycles. The maximum Gasteiger partial charge on any atom is 0.426 e. The number of nitro groups is 6. The van der Waals surface area contributed by atoms with E-state index < -0.39 is 75.2 Å². The van der Waals surface area contributed by atoms with E-state index in [0.29, 0.717) is 24.3 Å². The summed E-state index contributed by atoms with van der Waals surface area (Å²) >= 11 is 0. The fourth-order valence-corrected chi connectivity index (χ4v) is 2.39. The molecule has 0 heterocycles. The van der Waals surface area contributed by atoms with Gasteiger partial charge in [0, 0.05) is 12.1 Å². The Hall–Kier alpha value is -5.36. The Morgan fingerprint density at radius 2 is 0.742 bits per heavy atom. The molecule has 31 heavy (non-hydrogen) atoms. The molecule has 0 saturated carbocycles. The Morgan fingerprint density at radius 1 is 0.452 bits per heavy atom. The van der Waals surface area contributed by atoms with E-state index in [1.165, 1.54) is 0 Å². The molecule has 0 aliphatic carbocycles. The van der Waals surface area contributed by atoms with Gasteiger partial charge in [0.1, 0.15) is 0 Å². The average Bonchev–Trinajstić information content (AvgIpc) is 2.65. The molecule has 0 aromatic heterocycles. The van der Waals surface area contributed by atoms with Crippen molar-refractivity contribution >= 4 is 34.1 Å². The Bertz CT molecular complexity index is 1100. The summed E-state index contributed by atoms with van der Waals surface area (Å²) in [5, 5.41) is 66.8. The van der Waals surface area contributed by atoms with Crippen LogP contribution in [0, 0.1) is 60.7 Å². The highest BCUT2D eigenvalue weighted by molar-refractivity contribution is 5.75. The number of nitrogens with zero attached hydrogens (tertiary/aromatic N) is 6. The van der Waals surface area contributed by atoms with E-state index in [2.05, 4.69) is 0 Å². The highest BCUT2D eigenvalue weighted by Crippen LogP contribution is 2.48. The Kier molecular flexibility index (Phi) is 5.62. The molecule has 160 valence electrons. The molecule has 0 bridgehead atoms. The minimum absolute atomic E-state index is 0.437. The van der Waals surface area contributed by atoms with Crippen LogP contribution in [-0.4, -0.2) is 29.5 Å². The summed E-state index contributed by atoms with van der Waals surface area (Å²) in [7, 11) is 0. The first-order chi connectivity index (χ1) is 14.4. The molecular formula is C12H4N6O13. The highest BCUT2D eigenvalue weighted by atomic mass is 16.7. The monoisotopic (exact) mass is 440 g/mol. The third-order valence-corrected chi connectivity index (χ3v) is 3.53. The third kappa shape index (κ3) is 3.94. The summed E-state index contributed by atoms with van der Waals surface area (Å²) < 4.78 is 4.88. The first-order valence-electron chi connectivity index (χ1n) is 7.26. The molecule has 0 fully saturated rings. The Labute approximate surface area is 166 Å². The van der Waals surface area contributed by atoms with Crippen molar-refractivity contribution < 1.29 is 34.3 Å². The molecule has 0 N–H and O–H groups in total. The zero-order valence-corrected chi connectivity index (χ0v) is 14.3. The van der Waals surface area contributed by atoms with E-state index in [1.807, 2.05) is 0 Å². The van der Waals surface area contributed by atoms with Gasteiger partial charge in [0.2, 0.25) is 11.5 Å². The predicted molar refractivity (Wildman–Crippen MR) is 92.9 cm³/mol. The maximum atomic E-state index is 11.3. The molecule has 2 rings (SSSR count). The minimum atomic E-state index is -1.62. The largest absolute Gasteiger partial charge is 0.442 e. The molecule has 19 nitrogen and oxygen atoms in total. The van der Waals surface area contributed by atoms with E-state index in [0.717, 1.165) is 0 Å². The van der Waals surface area contributed by atoms with Crippen LogP contribution in [0.1, 0.15) is 0 Å². The summed E-state index contributed by atoms with van der Waals surface area (Å²) in [6.45, 7) is 0. The van der Waals surface area contributed by atoms with E-state index in [-0.39, 0.29) is 0 Å². The first-order valence-corrected chi connectivity index (χ1v) is 7.26. The second kappa shape index (κ2) is 7.94. The zero-order chi connectivity index (χ0) is 23.6. The van der Waals surface area contributed by atoms with Crippen LogP contribution in [0.3, 0.4) is 0 Å². The molecule has 0 aliphatic heterocycles. The second-order valence-corrected chi connectivity index (χ2v) is 5.20. The van der Waals surface area contributed by atoms with Gasteiger partial charge < -0.3 is 4.74 Å². The van der Waals surface area contributed by atoms with Crippen molar-refractivity contribution in [2.45, 2.75) is 0 Å². The molecule has 0 aliphatic rings. The van der Waals surface area contributed by atoms with Crippen molar-refractivity contribution in [1.82, 2.24) is 0 Å². The fraction of sp³-hybridized carbons (Fsp3) is 0. The number of hydrogen-bond acceptors (Lipinski definition) is 13. The van der Waals surface area contributed by atoms with Gasteiger partial charge in [0.25, 0.3) is 0 Å². The first kappa shape index (κ1) is 21.9. The average molecular weight is 440 g/mol. The van der Waals surface area contributed by atoms with Crippen LogP contribution in [0.2, 0.25) is 0 Å². The van der Waals surface area contributed by atoms with Crippen LogP contribution in [0.4, 0.5) is 34.1 Å². The fourth-order valence-electron chi connectivity index (χ4n) is 2.39. The molecule has 0 saturated heterocycles. The molecular weight excluding hydrogens is 436 g/mol. The van der Waals surface area contributed by atoms with Gasteiger partial charge in [-0.3, -0.25) is 60.7 Å². The SMILES string of the molecule is O=[N+]([O-])c1ccc(Oc2ccc([N+](=O)[O-])c([N+](=O)[O-])c2[N+](=O)[O-])c([N+](=O)[O-])c1[N+](=O)[O-]. The van der Waals surface area contributed by atoms with Crippen LogP contribution >= 0.6 is 0 Å². The maximum absolute atomic E-state index is 11.3. The number of nitro benzene ring substituents is 6. The van der Waals surface area contributed by atoms with Crippen molar-refractivity contribution in [1.29, 1.82) is 0 Å². The number of ether oxygens (including phenoxy) is 1. The predicted octanol–water partition coefficient (Wildman–Crippen LogP) is 2.93. The van der Waals surface area contributed by atoms with Gasteiger partial charge in [0.05, 0.1) is 29.5 Å². The van der Waals surface area contributed by atoms with E-state index in [4.69, 9.17) is 4.74 Å². The summed E-state index contributed by atoms with van der Waals surface area (Å²) in [4.78, 5) is 58.5. The van der Waals surface area contributed by atoms with Gasteiger partial charge in [-0.1, -0.05) is 0 Å². The van der Waals surface area contributed by atoms with Crippen molar-refractivity contribution in [3.05, 3.63) is 85.0 Å². The lowest BCUT2D eigenvalue weighted by Gasteiger charge is -2.07. The molecule has 0 radical (unpaired) electrons. The molecule has 0 unspecified atom stereocenters. The van der Waals surface area contributed by atoms with Gasteiger partial charge in [-0.2, -0.15) is 0 Å². The minimum Gasteiger partial charge on any atom is -0.442 e. The van der Waals surface area contributed by atoms with Crippen LogP contribution in [0.15, 0.2) is 24.3 Å². The van der Waals surface area contributed by atoms with Crippen LogP contribution in [-0.2, 0) is 0 Å². The van der Waals surface area contributed by atoms with Crippen molar-refractivity contribution in [2.75, 3.05) is 0 Å². The van der Waals surface area contributed by atoms with E-state index >= 15 is 0 Å². The van der Waals surface area contributed by atoms with Gasteiger partial charge in [-0.05, 0) is 12.1 Å². The topological polar surface area (TPSA) is 268 Å². The smallest absolute Gasteiger partial charge is 0.426 e. The molecule has 0 atom stereocenters. The molecule has 0 amide bonds. The van der Waals surface area contributed by atoms with E-state index in [9.17, 15) is 60.7 Å². The second-order valence-electron chi connectivity index (χ2n) is 5.20. The van der Waals surface area contributed by atoms with Crippen LogP contribution in [0.5, 0.6) is 11.5 Å². The standard InChI is InChI=1S/C12H4N6O13/c19-13(20)5-1-3-7(11(17(27)28)9(5)15(23)24)31-8-4-2-6(14(21)22)10(16(25)26)12(8)18(29)30/h1-4H. The third-order valence-electron chi connectivity index (χ3n) is 3.53. The quantitative estimate of drug-likeness (QED) is 0.422. The van der Waals surface area contributed by atoms with Crippen molar-refractivity contribution in [2.24, 2.45) is 0 Å². The van der Waals surface area contributed by atoms with Crippen molar-refractivity contribution in [3.8, 4) is 11.5 Å². The van der Waals surface area contributed by atoms with Gasteiger partial charge in [-0.15, -0.1) is 0 Å². The van der Waals surface area contributed by atoms with Gasteiger partial charge in [0.15, 0.2) is 0 Å². The number of benzene rings is 2. The summed E-state index contributed by atoms with van der Waals surface area (Å²) in [5.41, 5.74) is -8.98. The lowest BCUT2D eigenvalue weighted by molar-refractivity contribution is -0.442. The summed E-state index contributed by atoms with van der Waals surface area (Å²) in [6.07, 6.45) is 0. The highest BCUT2D eigenvalue weighted by Gasteiger charge is 2.43. The van der Waals surface area contributed by atoms with Crippen molar-refractivity contribution in [3.63, 3.8) is 0 Å². The summed E-state index contributed by atoms with van der Waals surface area (Å²) in [5.74, 6) is -2.23. The lowest BCUT2D eigenvalue weighted by Crippen LogP contribution is -2.05. The number of rotatable bonds is 8. The molecule has 0 spiro atoms. The molecule has 2 aromatic rings. The van der Waals surface area contributed by atoms with Gasteiger partial charge in [-0.25, -0.2) is 0 Å². The lowest BCUT2D eigenvalue weighted by atomic mass is 10.2. The van der Waals surface area contributed by atoms with Crippen LogP contribution < -0.4 is 4.74 Å². The van der Waals surface area contributed by atoms with Gasteiger partial charge >= 0.3 is 34.1 Å². The molecule has 19 heteroatoms. The van der Waals surface area contributed by atoms with E-state index in [1.54, 1.807) is 0 Å². The zero-order valence-electron chi connectivity index (χ0n) is 14.3. The Balaban J connectivity index is 2.86. The Morgan fingerprint density at radius 3 is 0.968 bits per heavy atom.